The third-order valence-electron chi connectivity index (χ3n) is 6.74. The van der Waals surface area contributed by atoms with Gasteiger partial charge in [0, 0.05) is 50.3 Å². The Bertz CT molecular complexity index is 955. The van der Waals surface area contributed by atoms with Crippen LogP contribution in [0.1, 0.15) is 41.6 Å². The van der Waals surface area contributed by atoms with Crippen LogP contribution in [0.4, 0.5) is 8.78 Å². The molecule has 1 fully saturated rings. The number of fused-ring (bicyclic) bond motifs is 4. The number of carbonyl (C=O) groups excluding carboxylic acids is 1. The molecule has 1 saturated heterocycles. The highest BCUT2D eigenvalue weighted by molar-refractivity contribution is 5.94. The summed E-state index contributed by atoms with van der Waals surface area (Å²) in [4.78, 5) is 17.2. The molecule has 0 aliphatic carbocycles. The number of carbonyl (C=O) groups is 1. The van der Waals surface area contributed by atoms with Gasteiger partial charge < -0.3 is 14.4 Å². The van der Waals surface area contributed by atoms with Crippen molar-refractivity contribution in [3.8, 4) is 5.75 Å². The van der Waals surface area contributed by atoms with Crippen LogP contribution < -0.4 is 4.74 Å². The van der Waals surface area contributed by atoms with Crippen LogP contribution in [0.3, 0.4) is 0 Å². The highest BCUT2D eigenvalue weighted by Gasteiger charge is 2.31. The normalized spacial score (nSPS) is 22.9. The summed E-state index contributed by atoms with van der Waals surface area (Å²) in [6.45, 7) is 3.42. The number of nitrogens with zero attached hydrogens (tertiary/aromatic N) is 2. The summed E-state index contributed by atoms with van der Waals surface area (Å²) in [5, 5.41) is 0. The Kier molecular flexibility index (Phi) is 7.93. The van der Waals surface area contributed by atoms with Crippen LogP contribution in [0.25, 0.3) is 0 Å². The van der Waals surface area contributed by atoms with Crippen LogP contribution in [0.5, 0.6) is 5.75 Å². The molecular formula is C26H32F2N2O3. The zero-order valence-electron chi connectivity index (χ0n) is 19.1. The molecule has 0 N–H and O–H groups in total. The molecule has 2 aliphatic rings. The molecule has 0 spiro atoms. The lowest BCUT2D eigenvalue weighted by molar-refractivity contribution is -0.00677. The van der Waals surface area contributed by atoms with Gasteiger partial charge in [0.1, 0.15) is 12.4 Å². The van der Waals surface area contributed by atoms with E-state index in [0.29, 0.717) is 49.7 Å². The monoisotopic (exact) mass is 458 g/mol. The molecule has 33 heavy (non-hydrogen) atoms. The van der Waals surface area contributed by atoms with Crippen molar-refractivity contribution in [2.24, 2.45) is 5.92 Å². The molecule has 0 aromatic heterocycles. The number of halogens is 2. The predicted molar refractivity (Wildman–Crippen MR) is 122 cm³/mol. The summed E-state index contributed by atoms with van der Waals surface area (Å²) in [5.74, 6) is -0.665. The van der Waals surface area contributed by atoms with Crippen molar-refractivity contribution in [3.05, 3.63) is 65.2 Å². The largest absolute Gasteiger partial charge is 0.492 e. The lowest BCUT2D eigenvalue weighted by atomic mass is 9.89. The number of piperidine rings is 1. The van der Waals surface area contributed by atoms with Crippen molar-refractivity contribution in [3.63, 3.8) is 0 Å². The van der Waals surface area contributed by atoms with Crippen molar-refractivity contribution >= 4 is 5.91 Å². The molecule has 0 unspecified atom stereocenters. The molecule has 4 rings (SSSR count). The van der Waals surface area contributed by atoms with Crippen molar-refractivity contribution in [1.82, 2.24) is 9.80 Å². The first-order valence-electron chi connectivity index (χ1n) is 11.8. The molecular weight excluding hydrogens is 426 g/mol. The third kappa shape index (κ3) is 5.89. The first-order chi connectivity index (χ1) is 16.0. The maximum Gasteiger partial charge on any atom is 0.254 e. The van der Waals surface area contributed by atoms with Gasteiger partial charge in [-0.25, -0.2) is 8.78 Å². The Morgan fingerprint density at radius 1 is 1.06 bits per heavy atom. The van der Waals surface area contributed by atoms with E-state index in [0.717, 1.165) is 38.3 Å². The fourth-order valence-corrected chi connectivity index (χ4v) is 4.90. The van der Waals surface area contributed by atoms with Gasteiger partial charge >= 0.3 is 0 Å². The third-order valence-corrected chi connectivity index (χ3v) is 6.74. The van der Waals surface area contributed by atoms with E-state index >= 15 is 0 Å². The van der Waals surface area contributed by atoms with Crippen LogP contribution in [-0.2, 0) is 11.3 Å². The molecule has 0 saturated carbocycles. The Morgan fingerprint density at radius 2 is 1.91 bits per heavy atom. The average Bonchev–Trinajstić information content (AvgIpc) is 2.83. The van der Waals surface area contributed by atoms with Gasteiger partial charge in [-0.1, -0.05) is 24.6 Å². The summed E-state index contributed by atoms with van der Waals surface area (Å²) in [5.41, 5.74) is 0.971. The van der Waals surface area contributed by atoms with Crippen LogP contribution in [0.2, 0.25) is 0 Å². The zero-order chi connectivity index (χ0) is 23.2. The number of hydrogen-bond acceptors (Lipinski definition) is 4. The fourth-order valence-electron chi connectivity index (χ4n) is 4.90. The highest BCUT2D eigenvalue weighted by Crippen LogP contribution is 2.27. The highest BCUT2D eigenvalue weighted by atomic mass is 19.2. The molecule has 2 heterocycles. The topological polar surface area (TPSA) is 42.0 Å². The van der Waals surface area contributed by atoms with E-state index < -0.39 is 11.6 Å². The maximum absolute atomic E-state index is 14.3. The number of rotatable bonds is 3. The number of methoxy groups -OCH3 is 1. The first kappa shape index (κ1) is 23.6. The lowest BCUT2D eigenvalue weighted by Crippen LogP contribution is -2.46. The summed E-state index contributed by atoms with van der Waals surface area (Å²) in [7, 11) is 1.74. The lowest BCUT2D eigenvalue weighted by Gasteiger charge is -2.38. The minimum atomic E-state index is -0.823. The van der Waals surface area contributed by atoms with Crippen LogP contribution in [-0.4, -0.2) is 61.7 Å². The van der Waals surface area contributed by atoms with Gasteiger partial charge in [0.05, 0.1) is 6.10 Å². The van der Waals surface area contributed by atoms with Gasteiger partial charge in [-0.05, 0) is 50.1 Å². The molecule has 0 radical (unpaired) electrons. The maximum atomic E-state index is 14.3. The van der Waals surface area contributed by atoms with Gasteiger partial charge in [0.25, 0.3) is 5.91 Å². The number of hydrogen-bond donors (Lipinski definition) is 0. The van der Waals surface area contributed by atoms with Crippen molar-refractivity contribution < 1.29 is 23.0 Å². The SMILES string of the molecule is CO[C@H]1CCN2C[C@H]1CCCCN(Cc1cccc(F)c1F)CCOc1cccc(c1)C2=O. The van der Waals surface area contributed by atoms with Gasteiger partial charge in [0.2, 0.25) is 0 Å². The number of benzene rings is 2. The molecule has 2 aromatic rings. The van der Waals surface area contributed by atoms with Crippen LogP contribution in [0, 0.1) is 17.6 Å². The second-order valence-electron chi connectivity index (χ2n) is 8.94. The summed E-state index contributed by atoms with van der Waals surface area (Å²) in [6, 6.07) is 11.6. The van der Waals surface area contributed by atoms with Gasteiger partial charge in [-0.2, -0.15) is 0 Å². The average molecular weight is 459 g/mol. The predicted octanol–water partition coefficient (Wildman–Crippen LogP) is 4.51. The Labute approximate surface area is 194 Å². The Balaban J connectivity index is 1.52. The van der Waals surface area contributed by atoms with Gasteiger partial charge in [0.15, 0.2) is 11.6 Å². The van der Waals surface area contributed by atoms with E-state index in [-0.39, 0.29) is 17.9 Å². The molecule has 5 nitrogen and oxygen atoms in total. The summed E-state index contributed by atoms with van der Waals surface area (Å²) in [6.07, 6.45) is 3.83. The minimum absolute atomic E-state index is 0.0260. The standard InChI is InChI=1S/C26H32F2N2O3/c1-32-24-11-13-30-18-20(24)6-2-3-12-29(17-21-8-5-10-23(27)25(21)28)14-15-33-22-9-4-7-19(16-22)26(30)31/h4-5,7-10,16,20,24H,2-3,6,11-15,17-18H2,1H3/t20-,24+/m1/s1. The van der Waals surface area contributed by atoms with Gasteiger partial charge in [-0.15, -0.1) is 0 Å². The van der Waals surface area contributed by atoms with Crippen molar-refractivity contribution in [1.29, 1.82) is 0 Å². The molecule has 2 atom stereocenters. The Hall–Kier alpha value is -2.51. The molecule has 178 valence electrons. The number of ether oxygens (including phenoxy) is 2. The van der Waals surface area contributed by atoms with Crippen molar-refractivity contribution in [2.45, 2.75) is 38.3 Å². The fraction of sp³-hybridized carbons (Fsp3) is 0.500. The molecule has 4 bridgehead atoms. The molecule has 1 amide bonds. The van der Waals surface area contributed by atoms with E-state index in [2.05, 4.69) is 4.90 Å². The molecule has 2 aromatic carbocycles. The van der Waals surface area contributed by atoms with E-state index in [1.807, 2.05) is 23.1 Å². The smallest absolute Gasteiger partial charge is 0.254 e. The molecule has 7 heteroatoms. The van der Waals surface area contributed by atoms with E-state index in [4.69, 9.17) is 9.47 Å². The Morgan fingerprint density at radius 3 is 2.76 bits per heavy atom. The molecule has 2 aliphatic heterocycles. The van der Waals surface area contributed by atoms with Crippen molar-refractivity contribution in [2.75, 3.05) is 39.9 Å². The quantitative estimate of drug-likeness (QED) is 0.679. The van der Waals surface area contributed by atoms with E-state index in [1.165, 1.54) is 0 Å². The van der Waals surface area contributed by atoms with Crippen LogP contribution in [0.15, 0.2) is 42.5 Å². The van der Waals surface area contributed by atoms with Gasteiger partial charge in [-0.3, -0.25) is 9.69 Å². The zero-order valence-corrected chi connectivity index (χ0v) is 19.1. The minimum Gasteiger partial charge on any atom is -0.492 e. The number of amides is 1. The van der Waals surface area contributed by atoms with E-state index in [9.17, 15) is 13.6 Å². The van der Waals surface area contributed by atoms with E-state index in [1.54, 1.807) is 25.3 Å². The summed E-state index contributed by atoms with van der Waals surface area (Å²) < 4.78 is 39.6. The second kappa shape index (κ2) is 11.1. The second-order valence-corrected chi connectivity index (χ2v) is 8.94. The summed E-state index contributed by atoms with van der Waals surface area (Å²) >= 11 is 0. The first-order valence-corrected chi connectivity index (χ1v) is 11.8. The van der Waals surface area contributed by atoms with Crippen LogP contribution >= 0.6 is 0 Å².